The number of carbonyl (C=O) groups excluding carboxylic acids is 1. The summed E-state index contributed by atoms with van der Waals surface area (Å²) in [5.74, 6) is 2.89. The molecule has 4 saturated carbocycles. The Balaban J connectivity index is 1.44. The Morgan fingerprint density at radius 1 is 1.00 bits per heavy atom. The van der Waals surface area contributed by atoms with E-state index >= 15 is 0 Å². The molecule has 2 heterocycles. The summed E-state index contributed by atoms with van der Waals surface area (Å²) in [5, 5.41) is 0. The molecule has 25 heavy (non-hydrogen) atoms. The molecule has 0 saturated heterocycles. The Morgan fingerprint density at radius 2 is 1.68 bits per heavy atom. The van der Waals surface area contributed by atoms with Gasteiger partial charge in [0.2, 0.25) is 18.0 Å². The zero-order valence-corrected chi connectivity index (χ0v) is 14.6. The molecule has 0 N–H and O–H groups in total. The van der Waals surface area contributed by atoms with Crippen molar-refractivity contribution in [3.05, 3.63) is 48.8 Å². The fraction of sp³-hybridized carbons (Fsp3) is 0.500. The highest BCUT2D eigenvalue weighted by molar-refractivity contribution is 5.84. The fourth-order valence-corrected chi connectivity index (χ4v) is 6.14. The van der Waals surface area contributed by atoms with Crippen molar-refractivity contribution in [3.8, 4) is 11.4 Å². The molecule has 2 aromatic rings. The lowest BCUT2D eigenvalue weighted by atomic mass is 9.48. The molecule has 4 fully saturated rings. The minimum absolute atomic E-state index is 0.0288. The van der Waals surface area contributed by atoms with Crippen LogP contribution in [0.5, 0.6) is 0 Å². The van der Waals surface area contributed by atoms with Crippen molar-refractivity contribution in [3.63, 3.8) is 0 Å². The first-order chi connectivity index (χ1) is 12.2. The third-order valence-corrected chi connectivity index (χ3v) is 6.81. The highest BCUT2D eigenvalue weighted by Gasteiger charge is 2.55. The van der Waals surface area contributed by atoms with Gasteiger partial charge in [0.15, 0.2) is 6.20 Å². The molecular formula is C22H25N2O+. The molecule has 0 amide bonds. The van der Waals surface area contributed by atoms with E-state index in [-0.39, 0.29) is 5.41 Å². The van der Waals surface area contributed by atoms with Gasteiger partial charge in [-0.1, -0.05) is 6.07 Å². The summed E-state index contributed by atoms with van der Waals surface area (Å²) in [6.45, 7) is 0.485. The van der Waals surface area contributed by atoms with Gasteiger partial charge >= 0.3 is 0 Å². The Morgan fingerprint density at radius 3 is 2.32 bits per heavy atom. The average Bonchev–Trinajstić information content (AvgIpc) is 2.62. The van der Waals surface area contributed by atoms with Gasteiger partial charge in [0, 0.05) is 23.7 Å². The van der Waals surface area contributed by atoms with Crippen LogP contribution < -0.4 is 4.57 Å². The number of hydrogen-bond acceptors (Lipinski definition) is 2. The number of carbonyl (C=O) groups is 1. The van der Waals surface area contributed by atoms with E-state index in [1.807, 2.05) is 42.7 Å². The van der Waals surface area contributed by atoms with Crippen LogP contribution in [0.25, 0.3) is 11.4 Å². The topological polar surface area (TPSA) is 33.8 Å². The summed E-state index contributed by atoms with van der Waals surface area (Å²) in [7, 11) is 0. The van der Waals surface area contributed by atoms with Crippen LogP contribution >= 0.6 is 0 Å². The summed E-state index contributed by atoms with van der Waals surface area (Å²) in [4.78, 5) is 17.9. The van der Waals surface area contributed by atoms with Crippen LogP contribution in [-0.4, -0.2) is 10.8 Å². The highest BCUT2D eigenvalue weighted by atomic mass is 16.1. The van der Waals surface area contributed by atoms with Crippen molar-refractivity contribution in [1.29, 1.82) is 0 Å². The SMILES string of the molecule is O=C(C[n+]1ccccc1-c1ccccn1)C12CC3CC(CC(C3)C1)C2. The van der Waals surface area contributed by atoms with Gasteiger partial charge in [0.05, 0.1) is 0 Å². The standard InChI is InChI=1S/C22H25N2O/c25-21(22-12-16-9-17(13-22)11-18(10-16)14-22)15-24-8-4-2-6-20(24)19-5-1-3-7-23-19/h1-8,16-18H,9-15H2/q+1. The van der Waals surface area contributed by atoms with E-state index in [1.54, 1.807) is 0 Å². The predicted octanol–water partition coefficient (Wildman–Crippen LogP) is 3.82. The Kier molecular flexibility index (Phi) is 3.51. The zero-order chi connectivity index (χ0) is 16.9. The van der Waals surface area contributed by atoms with Crippen LogP contribution in [0.2, 0.25) is 0 Å². The minimum atomic E-state index is -0.0288. The van der Waals surface area contributed by atoms with E-state index < -0.39 is 0 Å². The van der Waals surface area contributed by atoms with Crippen LogP contribution in [0.1, 0.15) is 38.5 Å². The zero-order valence-electron chi connectivity index (χ0n) is 14.6. The average molecular weight is 333 g/mol. The van der Waals surface area contributed by atoms with Crippen LogP contribution in [0, 0.1) is 23.2 Å². The molecule has 128 valence electrons. The summed E-state index contributed by atoms with van der Waals surface area (Å²) >= 11 is 0. The van der Waals surface area contributed by atoms with Gasteiger partial charge in [0.1, 0.15) is 5.69 Å². The monoisotopic (exact) mass is 333 g/mol. The van der Waals surface area contributed by atoms with Gasteiger partial charge < -0.3 is 0 Å². The number of Topliss-reactive ketones (excluding diaryl/α,β-unsaturated/α-hetero) is 1. The first kappa shape index (κ1) is 15.2. The number of pyridine rings is 2. The van der Waals surface area contributed by atoms with Gasteiger partial charge in [-0.2, -0.15) is 4.57 Å². The Labute approximate surface area is 149 Å². The molecule has 3 heteroatoms. The van der Waals surface area contributed by atoms with E-state index in [9.17, 15) is 4.79 Å². The summed E-state index contributed by atoms with van der Waals surface area (Å²) < 4.78 is 2.10. The normalized spacial score (nSPS) is 32.7. The second-order valence-electron chi connectivity index (χ2n) is 8.55. The van der Waals surface area contributed by atoms with Gasteiger partial charge in [-0.25, -0.2) is 4.98 Å². The van der Waals surface area contributed by atoms with Gasteiger partial charge in [-0.3, -0.25) is 4.79 Å². The molecule has 6 rings (SSSR count). The number of hydrogen-bond donors (Lipinski definition) is 0. The minimum Gasteiger partial charge on any atom is -0.292 e. The third-order valence-electron chi connectivity index (χ3n) is 6.81. The van der Waals surface area contributed by atoms with Crippen molar-refractivity contribution in [1.82, 2.24) is 4.98 Å². The molecule has 0 radical (unpaired) electrons. The van der Waals surface area contributed by atoms with Crippen molar-refractivity contribution >= 4 is 5.78 Å². The molecule has 2 aromatic heterocycles. The van der Waals surface area contributed by atoms with E-state index in [4.69, 9.17) is 0 Å². The molecule has 0 aliphatic heterocycles. The van der Waals surface area contributed by atoms with Crippen LogP contribution in [-0.2, 0) is 11.3 Å². The molecule has 0 unspecified atom stereocenters. The summed E-state index contributed by atoms with van der Waals surface area (Å²) in [6, 6.07) is 12.0. The summed E-state index contributed by atoms with van der Waals surface area (Å²) in [6.07, 6.45) is 11.4. The lowest BCUT2D eigenvalue weighted by Crippen LogP contribution is -2.54. The maximum absolute atomic E-state index is 13.4. The van der Waals surface area contributed by atoms with E-state index in [1.165, 1.54) is 19.3 Å². The molecule has 4 bridgehead atoms. The number of nitrogens with zero attached hydrogens (tertiary/aromatic N) is 2. The summed E-state index contributed by atoms with van der Waals surface area (Å²) in [5.41, 5.74) is 1.93. The highest BCUT2D eigenvalue weighted by Crippen LogP contribution is 2.60. The van der Waals surface area contributed by atoms with Crippen molar-refractivity contribution in [2.75, 3.05) is 0 Å². The largest absolute Gasteiger partial charge is 0.292 e. The quantitative estimate of drug-likeness (QED) is 0.797. The fourth-order valence-electron chi connectivity index (χ4n) is 6.14. The molecule has 0 atom stereocenters. The van der Waals surface area contributed by atoms with E-state index in [0.29, 0.717) is 12.3 Å². The maximum Gasteiger partial charge on any atom is 0.231 e. The third kappa shape index (κ3) is 2.61. The van der Waals surface area contributed by atoms with E-state index in [2.05, 4.69) is 15.6 Å². The predicted molar refractivity (Wildman–Crippen MR) is 95.5 cm³/mol. The number of rotatable bonds is 4. The lowest BCUT2D eigenvalue weighted by molar-refractivity contribution is -0.674. The Bertz CT molecular complexity index is 763. The second-order valence-corrected chi connectivity index (χ2v) is 8.55. The number of aromatic nitrogens is 2. The first-order valence-electron chi connectivity index (χ1n) is 9.65. The smallest absolute Gasteiger partial charge is 0.231 e. The molecule has 4 aliphatic carbocycles. The molecule has 3 nitrogen and oxygen atoms in total. The first-order valence-corrected chi connectivity index (χ1v) is 9.65. The Hall–Kier alpha value is -2.03. The molecule has 0 aromatic carbocycles. The number of ketones is 1. The van der Waals surface area contributed by atoms with Gasteiger partial charge in [-0.15, -0.1) is 0 Å². The van der Waals surface area contributed by atoms with Crippen LogP contribution in [0.15, 0.2) is 48.8 Å². The molecule has 0 spiro atoms. The van der Waals surface area contributed by atoms with Crippen molar-refractivity contribution in [2.24, 2.45) is 23.2 Å². The van der Waals surface area contributed by atoms with Crippen molar-refractivity contribution < 1.29 is 9.36 Å². The molecular weight excluding hydrogens is 308 g/mol. The maximum atomic E-state index is 13.4. The second kappa shape index (κ2) is 5.76. The van der Waals surface area contributed by atoms with Gasteiger partial charge in [0.25, 0.3) is 0 Å². The van der Waals surface area contributed by atoms with Gasteiger partial charge in [-0.05, 0) is 74.5 Å². The van der Waals surface area contributed by atoms with E-state index in [0.717, 1.165) is 48.4 Å². The van der Waals surface area contributed by atoms with Crippen molar-refractivity contribution in [2.45, 2.75) is 45.1 Å². The lowest BCUT2D eigenvalue weighted by Gasteiger charge is -2.55. The van der Waals surface area contributed by atoms with Crippen LogP contribution in [0.3, 0.4) is 0 Å². The van der Waals surface area contributed by atoms with Crippen LogP contribution in [0.4, 0.5) is 0 Å². The molecule has 4 aliphatic rings.